The maximum atomic E-state index is 12.4. The fourth-order valence-electron chi connectivity index (χ4n) is 3.92. The standard InChI is InChI=1S/C21H27NO2/c1-2-16-9-10-17-14-18(11-12-19(17)21(16)24)22-20(23)13-8-15-6-4-3-5-7-15/h8,11-16H,2-7,9-10H2,1H3,(H,22,23)/b13-8+. The number of amides is 1. The van der Waals surface area contributed by atoms with Gasteiger partial charge in [0.1, 0.15) is 0 Å². The Labute approximate surface area is 144 Å². The Kier molecular flexibility index (Phi) is 5.49. The number of allylic oxidation sites excluding steroid dienone is 1. The summed E-state index contributed by atoms with van der Waals surface area (Å²) in [5, 5.41) is 2.93. The number of benzene rings is 1. The molecule has 0 heterocycles. The van der Waals surface area contributed by atoms with Crippen LogP contribution in [0.5, 0.6) is 0 Å². The molecule has 1 unspecified atom stereocenters. The molecule has 1 aromatic carbocycles. The molecule has 3 rings (SSSR count). The maximum absolute atomic E-state index is 12.4. The molecule has 0 bridgehead atoms. The largest absolute Gasteiger partial charge is 0.323 e. The van der Waals surface area contributed by atoms with Crippen LogP contribution in [0.15, 0.2) is 30.4 Å². The predicted molar refractivity (Wildman–Crippen MR) is 97.2 cm³/mol. The van der Waals surface area contributed by atoms with Crippen molar-refractivity contribution < 1.29 is 9.59 Å². The molecule has 1 saturated carbocycles. The first-order chi connectivity index (χ1) is 11.7. The second kappa shape index (κ2) is 7.78. The van der Waals surface area contributed by atoms with E-state index >= 15 is 0 Å². The monoisotopic (exact) mass is 325 g/mol. The molecule has 3 nitrogen and oxygen atoms in total. The van der Waals surface area contributed by atoms with Crippen LogP contribution in [0.3, 0.4) is 0 Å². The SMILES string of the molecule is CCC1CCc2cc(NC(=O)/C=C/C3CCCCC3)ccc2C1=O. The summed E-state index contributed by atoms with van der Waals surface area (Å²) < 4.78 is 0. The molecular formula is C21H27NO2. The second-order valence-corrected chi connectivity index (χ2v) is 7.13. The van der Waals surface area contributed by atoms with Crippen molar-refractivity contribution in [2.75, 3.05) is 5.32 Å². The van der Waals surface area contributed by atoms with Gasteiger partial charge < -0.3 is 5.32 Å². The third-order valence-corrected chi connectivity index (χ3v) is 5.43. The second-order valence-electron chi connectivity index (χ2n) is 7.13. The maximum Gasteiger partial charge on any atom is 0.248 e. The van der Waals surface area contributed by atoms with Crippen molar-refractivity contribution in [2.45, 2.75) is 58.3 Å². The van der Waals surface area contributed by atoms with E-state index in [0.717, 1.165) is 36.1 Å². The van der Waals surface area contributed by atoms with Gasteiger partial charge in [0, 0.05) is 17.2 Å². The van der Waals surface area contributed by atoms with Crippen molar-refractivity contribution in [1.29, 1.82) is 0 Å². The number of carbonyl (C=O) groups is 2. The van der Waals surface area contributed by atoms with Gasteiger partial charge in [0.25, 0.3) is 0 Å². The number of fused-ring (bicyclic) bond motifs is 1. The lowest BCUT2D eigenvalue weighted by molar-refractivity contribution is -0.111. The molecule has 0 radical (unpaired) electrons. The smallest absolute Gasteiger partial charge is 0.248 e. The van der Waals surface area contributed by atoms with E-state index in [0.29, 0.717) is 5.92 Å². The number of rotatable bonds is 4. The fraction of sp³-hybridized carbons (Fsp3) is 0.524. The van der Waals surface area contributed by atoms with Crippen LogP contribution in [0.2, 0.25) is 0 Å². The van der Waals surface area contributed by atoms with Gasteiger partial charge in [-0.05, 0) is 67.9 Å². The van der Waals surface area contributed by atoms with Gasteiger partial charge in [-0.3, -0.25) is 9.59 Å². The van der Waals surface area contributed by atoms with Gasteiger partial charge in [-0.2, -0.15) is 0 Å². The van der Waals surface area contributed by atoms with Gasteiger partial charge in [-0.25, -0.2) is 0 Å². The molecule has 0 aliphatic heterocycles. The molecule has 0 saturated heterocycles. The molecule has 1 amide bonds. The van der Waals surface area contributed by atoms with Crippen molar-refractivity contribution in [2.24, 2.45) is 11.8 Å². The van der Waals surface area contributed by atoms with Gasteiger partial charge in [0.15, 0.2) is 5.78 Å². The van der Waals surface area contributed by atoms with E-state index < -0.39 is 0 Å². The van der Waals surface area contributed by atoms with Crippen LogP contribution in [0.4, 0.5) is 5.69 Å². The van der Waals surface area contributed by atoms with Crippen molar-refractivity contribution in [1.82, 2.24) is 0 Å². The highest BCUT2D eigenvalue weighted by atomic mass is 16.1. The van der Waals surface area contributed by atoms with E-state index in [1.165, 1.54) is 32.1 Å². The summed E-state index contributed by atoms with van der Waals surface area (Å²) >= 11 is 0. The summed E-state index contributed by atoms with van der Waals surface area (Å²) in [4.78, 5) is 24.5. The van der Waals surface area contributed by atoms with Gasteiger partial charge in [0.2, 0.25) is 5.91 Å². The average Bonchev–Trinajstić information content (AvgIpc) is 2.61. The van der Waals surface area contributed by atoms with E-state index in [1.807, 2.05) is 18.2 Å². The number of Topliss-reactive ketones (excluding diaryl/α,β-unsaturated/α-hetero) is 1. The number of anilines is 1. The van der Waals surface area contributed by atoms with Crippen LogP contribution < -0.4 is 5.32 Å². The van der Waals surface area contributed by atoms with E-state index in [4.69, 9.17) is 0 Å². The summed E-state index contributed by atoms with van der Waals surface area (Å²) in [5.74, 6) is 0.899. The highest BCUT2D eigenvalue weighted by molar-refractivity contribution is 6.02. The first kappa shape index (κ1) is 16.9. The zero-order chi connectivity index (χ0) is 16.9. The Balaban J connectivity index is 1.62. The van der Waals surface area contributed by atoms with Crippen LogP contribution in [0.1, 0.15) is 67.8 Å². The van der Waals surface area contributed by atoms with Crippen LogP contribution in [0.25, 0.3) is 0 Å². The first-order valence-electron chi connectivity index (χ1n) is 9.33. The topological polar surface area (TPSA) is 46.2 Å². The minimum Gasteiger partial charge on any atom is -0.323 e. The van der Waals surface area contributed by atoms with E-state index in [9.17, 15) is 9.59 Å². The molecule has 1 aromatic rings. The van der Waals surface area contributed by atoms with Crippen molar-refractivity contribution in [3.8, 4) is 0 Å². The summed E-state index contributed by atoms with van der Waals surface area (Å²) in [5.41, 5.74) is 2.69. The van der Waals surface area contributed by atoms with Crippen LogP contribution in [-0.2, 0) is 11.2 Å². The van der Waals surface area contributed by atoms with Crippen LogP contribution >= 0.6 is 0 Å². The summed E-state index contributed by atoms with van der Waals surface area (Å²) in [6.45, 7) is 2.07. The Hall–Kier alpha value is -1.90. The summed E-state index contributed by atoms with van der Waals surface area (Å²) in [6.07, 6.45) is 12.7. The van der Waals surface area contributed by atoms with Gasteiger partial charge in [-0.15, -0.1) is 0 Å². The molecule has 1 N–H and O–H groups in total. The molecule has 3 heteroatoms. The van der Waals surface area contributed by atoms with Crippen LogP contribution in [0, 0.1) is 11.8 Å². The molecular weight excluding hydrogens is 298 g/mol. The molecule has 0 aromatic heterocycles. The molecule has 1 fully saturated rings. The van der Waals surface area contributed by atoms with Crippen molar-refractivity contribution in [3.63, 3.8) is 0 Å². The number of hydrogen-bond acceptors (Lipinski definition) is 2. The molecule has 2 aliphatic carbocycles. The third kappa shape index (κ3) is 3.95. The highest BCUT2D eigenvalue weighted by Gasteiger charge is 2.25. The number of aryl methyl sites for hydroxylation is 1. The highest BCUT2D eigenvalue weighted by Crippen LogP contribution is 2.29. The summed E-state index contributed by atoms with van der Waals surface area (Å²) in [7, 11) is 0. The molecule has 1 atom stereocenters. The minimum absolute atomic E-state index is 0.0749. The van der Waals surface area contributed by atoms with Gasteiger partial charge in [-0.1, -0.05) is 32.3 Å². The number of ketones is 1. The summed E-state index contributed by atoms with van der Waals surface area (Å²) in [6, 6.07) is 5.69. The lowest BCUT2D eigenvalue weighted by atomic mass is 9.81. The van der Waals surface area contributed by atoms with Gasteiger partial charge in [0.05, 0.1) is 0 Å². The predicted octanol–water partition coefficient (Wildman–Crippen LogP) is 4.92. The van der Waals surface area contributed by atoms with Crippen molar-refractivity contribution in [3.05, 3.63) is 41.5 Å². The Morgan fingerprint density at radius 3 is 2.75 bits per heavy atom. The first-order valence-corrected chi connectivity index (χ1v) is 9.33. The zero-order valence-corrected chi connectivity index (χ0v) is 14.5. The number of nitrogens with one attached hydrogen (secondary N) is 1. The Bertz CT molecular complexity index is 641. The number of carbonyl (C=O) groups excluding carboxylic acids is 2. The van der Waals surface area contributed by atoms with Crippen molar-refractivity contribution >= 4 is 17.4 Å². The Morgan fingerprint density at radius 2 is 2.00 bits per heavy atom. The lowest BCUT2D eigenvalue weighted by Gasteiger charge is -2.22. The molecule has 2 aliphatic rings. The van der Waals surface area contributed by atoms with E-state index in [-0.39, 0.29) is 17.6 Å². The minimum atomic E-state index is -0.0749. The average molecular weight is 325 g/mol. The lowest BCUT2D eigenvalue weighted by Crippen LogP contribution is -2.22. The van der Waals surface area contributed by atoms with Gasteiger partial charge >= 0.3 is 0 Å². The third-order valence-electron chi connectivity index (χ3n) is 5.43. The number of hydrogen-bond donors (Lipinski definition) is 1. The van der Waals surface area contributed by atoms with E-state index in [1.54, 1.807) is 6.08 Å². The normalized spacial score (nSPS) is 21.7. The quantitative estimate of drug-likeness (QED) is 0.799. The molecule has 0 spiro atoms. The molecule has 24 heavy (non-hydrogen) atoms. The molecule has 128 valence electrons. The zero-order valence-electron chi connectivity index (χ0n) is 14.5. The Morgan fingerprint density at radius 1 is 1.21 bits per heavy atom. The van der Waals surface area contributed by atoms with E-state index in [2.05, 4.69) is 18.3 Å². The fourth-order valence-corrected chi connectivity index (χ4v) is 3.92. The van der Waals surface area contributed by atoms with Crippen LogP contribution in [-0.4, -0.2) is 11.7 Å².